The lowest BCUT2D eigenvalue weighted by Crippen LogP contribution is -2.18. The molecular weight excluding hydrogens is 340 g/mol. The van der Waals surface area contributed by atoms with Gasteiger partial charge in [-0.1, -0.05) is 48.5 Å². The number of rotatable bonds is 2. The zero-order valence-corrected chi connectivity index (χ0v) is 15.1. The minimum absolute atomic E-state index is 0.112. The topological polar surface area (TPSA) is 41.5 Å². The van der Waals surface area contributed by atoms with E-state index in [4.69, 9.17) is 0 Å². The van der Waals surface area contributed by atoms with Crippen molar-refractivity contribution in [3.63, 3.8) is 0 Å². The Labute approximate surface area is 156 Å². The number of aryl methyl sites for hydroxylation is 2. The molecule has 0 spiro atoms. The first-order chi connectivity index (χ1) is 12.8. The van der Waals surface area contributed by atoms with Crippen molar-refractivity contribution in [3.05, 3.63) is 81.0 Å². The summed E-state index contributed by atoms with van der Waals surface area (Å²) in [5.74, 6) is -0.112. The summed E-state index contributed by atoms with van der Waals surface area (Å²) in [5, 5.41) is 4.51. The van der Waals surface area contributed by atoms with Crippen LogP contribution < -0.4 is 5.43 Å². The van der Waals surface area contributed by atoms with Gasteiger partial charge in [-0.15, -0.1) is 11.3 Å². The van der Waals surface area contributed by atoms with Crippen LogP contribution in [-0.2, 0) is 12.8 Å². The fraction of sp³-hybridized carbons (Fsp3) is 0.182. The van der Waals surface area contributed by atoms with Gasteiger partial charge >= 0.3 is 0 Å². The Kier molecular flexibility index (Phi) is 3.71. The minimum atomic E-state index is -0.112. The second-order valence-electron chi connectivity index (χ2n) is 6.76. The van der Waals surface area contributed by atoms with Gasteiger partial charge in [0.1, 0.15) is 0 Å². The summed E-state index contributed by atoms with van der Waals surface area (Å²) in [4.78, 5) is 14.8. The summed E-state index contributed by atoms with van der Waals surface area (Å²) in [7, 11) is 0. The van der Waals surface area contributed by atoms with E-state index < -0.39 is 0 Å². The normalized spacial score (nSPS) is 14.4. The molecule has 5 rings (SSSR count). The van der Waals surface area contributed by atoms with E-state index in [1.54, 1.807) is 11.3 Å². The Morgan fingerprint density at radius 1 is 0.885 bits per heavy atom. The van der Waals surface area contributed by atoms with Crippen molar-refractivity contribution in [1.82, 2.24) is 5.43 Å². The van der Waals surface area contributed by atoms with E-state index in [1.165, 1.54) is 34.4 Å². The zero-order chi connectivity index (χ0) is 17.5. The Morgan fingerprint density at radius 3 is 2.15 bits per heavy atom. The van der Waals surface area contributed by atoms with Crippen LogP contribution in [0.5, 0.6) is 0 Å². The Balaban J connectivity index is 1.47. The Morgan fingerprint density at radius 2 is 1.50 bits per heavy atom. The van der Waals surface area contributed by atoms with E-state index >= 15 is 0 Å². The van der Waals surface area contributed by atoms with Crippen LogP contribution in [0.3, 0.4) is 0 Å². The molecule has 0 unspecified atom stereocenters. The van der Waals surface area contributed by atoms with E-state index in [0.717, 1.165) is 34.6 Å². The fourth-order valence-corrected chi connectivity index (χ4v) is 5.02. The lowest BCUT2D eigenvalue weighted by atomic mass is 9.99. The number of fused-ring (bicyclic) bond motifs is 4. The van der Waals surface area contributed by atoms with Crippen molar-refractivity contribution in [3.8, 4) is 11.1 Å². The lowest BCUT2D eigenvalue weighted by molar-refractivity contribution is 0.0959. The first-order valence-corrected chi connectivity index (χ1v) is 9.82. The van der Waals surface area contributed by atoms with Crippen LogP contribution in [0.2, 0.25) is 0 Å². The second kappa shape index (κ2) is 6.22. The van der Waals surface area contributed by atoms with E-state index in [0.29, 0.717) is 0 Å². The maximum Gasteiger partial charge on any atom is 0.281 e. The van der Waals surface area contributed by atoms with Crippen molar-refractivity contribution >= 4 is 23.0 Å². The number of hydrogen-bond donors (Lipinski definition) is 1. The molecule has 128 valence electrons. The summed E-state index contributed by atoms with van der Waals surface area (Å²) in [6.07, 6.45) is 4.64. The van der Waals surface area contributed by atoms with Crippen LogP contribution in [0, 0.1) is 0 Å². The molecular formula is C22H18N2OS. The molecule has 0 atom stereocenters. The molecule has 3 aromatic rings. The lowest BCUT2D eigenvalue weighted by Gasteiger charge is -2.08. The summed E-state index contributed by atoms with van der Waals surface area (Å²) in [6, 6.07) is 18.5. The van der Waals surface area contributed by atoms with E-state index in [2.05, 4.69) is 34.8 Å². The van der Waals surface area contributed by atoms with Gasteiger partial charge in [0.15, 0.2) is 0 Å². The number of thiophene rings is 1. The standard InChI is InChI=1S/C22H18N2OS/c25-22(20-13-14-7-1-6-12-19(14)26-20)24-23-21-17-10-4-2-8-15(17)16-9-3-5-11-18(16)21/h2-5,8-11,13H,1,6-7,12H2,(H,24,25). The third-order valence-corrected chi connectivity index (χ3v) is 6.38. The molecule has 1 amide bonds. The largest absolute Gasteiger partial charge is 0.281 e. The van der Waals surface area contributed by atoms with Gasteiger partial charge in [-0.05, 0) is 48.4 Å². The molecule has 0 aliphatic heterocycles. The van der Waals surface area contributed by atoms with Gasteiger partial charge in [-0.25, -0.2) is 5.43 Å². The monoisotopic (exact) mass is 358 g/mol. The van der Waals surface area contributed by atoms with Gasteiger partial charge in [0.05, 0.1) is 10.6 Å². The number of benzene rings is 2. The van der Waals surface area contributed by atoms with Gasteiger partial charge in [0, 0.05) is 16.0 Å². The molecule has 1 N–H and O–H groups in total. The third-order valence-electron chi connectivity index (χ3n) is 5.14. The number of carbonyl (C=O) groups excluding carboxylic acids is 1. The van der Waals surface area contributed by atoms with Crippen LogP contribution in [0.25, 0.3) is 11.1 Å². The molecule has 0 saturated carbocycles. The van der Waals surface area contributed by atoms with Crippen molar-refractivity contribution in [1.29, 1.82) is 0 Å². The van der Waals surface area contributed by atoms with Crippen LogP contribution in [0.4, 0.5) is 0 Å². The molecule has 4 heteroatoms. The summed E-state index contributed by atoms with van der Waals surface area (Å²) < 4.78 is 0. The second-order valence-corrected chi connectivity index (χ2v) is 7.90. The molecule has 2 aliphatic rings. The molecule has 0 bridgehead atoms. The van der Waals surface area contributed by atoms with Gasteiger partial charge < -0.3 is 0 Å². The highest BCUT2D eigenvalue weighted by Crippen LogP contribution is 2.36. The van der Waals surface area contributed by atoms with Crippen LogP contribution in [-0.4, -0.2) is 11.6 Å². The molecule has 1 aromatic heterocycles. The number of hydrogen-bond acceptors (Lipinski definition) is 3. The number of nitrogens with zero attached hydrogens (tertiary/aromatic N) is 1. The Hall–Kier alpha value is -2.72. The Bertz CT molecular complexity index is 977. The third kappa shape index (κ3) is 2.49. The van der Waals surface area contributed by atoms with Crippen LogP contribution in [0.1, 0.15) is 44.1 Å². The van der Waals surface area contributed by atoms with Crippen molar-refractivity contribution < 1.29 is 4.79 Å². The van der Waals surface area contributed by atoms with Gasteiger partial charge in [0.25, 0.3) is 5.91 Å². The highest BCUT2D eigenvalue weighted by molar-refractivity contribution is 7.14. The highest BCUT2D eigenvalue weighted by atomic mass is 32.1. The minimum Gasteiger partial charge on any atom is -0.266 e. The van der Waals surface area contributed by atoms with E-state index in [9.17, 15) is 4.79 Å². The average molecular weight is 358 g/mol. The summed E-state index contributed by atoms with van der Waals surface area (Å²) in [6.45, 7) is 0. The number of amides is 1. The average Bonchev–Trinajstić information content (AvgIpc) is 3.26. The predicted molar refractivity (Wildman–Crippen MR) is 106 cm³/mol. The van der Waals surface area contributed by atoms with Gasteiger partial charge in [-0.2, -0.15) is 5.10 Å². The summed E-state index contributed by atoms with van der Waals surface area (Å²) >= 11 is 1.62. The number of hydrazone groups is 1. The number of carbonyl (C=O) groups is 1. The van der Waals surface area contributed by atoms with E-state index in [-0.39, 0.29) is 5.91 Å². The summed E-state index contributed by atoms with van der Waals surface area (Å²) in [5.41, 5.74) is 9.45. The molecule has 1 heterocycles. The maximum absolute atomic E-state index is 12.6. The number of nitrogens with one attached hydrogen (secondary N) is 1. The van der Waals surface area contributed by atoms with Gasteiger partial charge in [0.2, 0.25) is 0 Å². The van der Waals surface area contributed by atoms with Crippen LogP contribution in [0.15, 0.2) is 59.7 Å². The first-order valence-electron chi connectivity index (χ1n) is 9.00. The SMILES string of the molecule is O=C(NN=C1c2ccccc2-c2ccccc21)c1cc2c(s1)CCCC2. The molecule has 2 aliphatic carbocycles. The molecule has 0 radical (unpaired) electrons. The fourth-order valence-electron chi connectivity index (χ4n) is 3.88. The van der Waals surface area contributed by atoms with Crippen molar-refractivity contribution in [2.45, 2.75) is 25.7 Å². The first kappa shape index (κ1) is 15.5. The molecule has 26 heavy (non-hydrogen) atoms. The molecule has 0 saturated heterocycles. The molecule has 3 nitrogen and oxygen atoms in total. The van der Waals surface area contributed by atoms with Crippen molar-refractivity contribution in [2.24, 2.45) is 5.10 Å². The maximum atomic E-state index is 12.6. The predicted octanol–water partition coefficient (Wildman–Crippen LogP) is 4.79. The highest BCUT2D eigenvalue weighted by Gasteiger charge is 2.24. The van der Waals surface area contributed by atoms with E-state index in [1.807, 2.05) is 30.3 Å². The quantitative estimate of drug-likeness (QED) is 0.514. The molecule has 2 aromatic carbocycles. The zero-order valence-electron chi connectivity index (χ0n) is 14.3. The molecule has 0 fully saturated rings. The smallest absolute Gasteiger partial charge is 0.266 e. The van der Waals surface area contributed by atoms with Crippen molar-refractivity contribution in [2.75, 3.05) is 0 Å². The van der Waals surface area contributed by atoms with Gasteiger partial charge in [-0.3, -0.25) is 4.79 Å². The van der Waals surface area contributed by atoms with Crippen LogP contribution >= 0.6 is 11.3 Å².